The fraction of sp³-hybridized carbons (Fsp3) is 0.652. The van der Waals surface area contributed by atoms with E-state index in [9.17, 15) is 9.59 Å². The van der Waals surface area contributed by atoms with Gasteiger partial charge in [0.15, 0.2) is 0 Å². The average Bonchev–Trinajstić information content (AvgIpc) is 3.27. The van der Waals surface area contributed by atoms with Crippen LogP contribution in [0.3, 0.4) is 0 Å². The summed E-state index contributed by atoms with van der Waals surface area (Å²) < 4.78 is 0. The van der Waals surface area contributed by atoms with Crippen molar-refractivity contribution in [3.63, 3.8) is 0 Å². The quantitative estimate of drug-likeness (QED) is 0.736. The summed E-state index contributed by atoms with van der Waals surface area (Å²) in [4.78, 5) is 29.8. The Bertz CT molecular complexity index is 652. The first-order valence-electron chi connectivity index (χ1n) is 11.2. The molecule has 1 aromatic carbocycles. The number of nitrogens with zero attached hydrogens (tertiary/aromatic N) is 2. The van der Waals surface area contributed by atoms with Crippen LogP contribution in [0.5, 0.6) is 0 Å². The van der Waals surface area contributed by atoms with E-state index in [0.29, 0.717) is 24.9 Å². The molecule has 3 amide bonds. The summed E-state index contributed by atoms with van der Waals surface area (Å²) in [5.41, 5.74) is 0.813. The fourth-order valence-electron chi connectivity index (χ4n) is 4.40. The maximum Gasteiger partial charge on any atom is 0.321 e. The molecule has 1 aliphatic carbocycles. The zero-order chi connectivity index (χ0) is 20.6. The molecule has 3 rings (SSSR count). The largest absolute Gasteiger partial charge is 0.354 e. The number of hydrogen-bond donors (Lipinski definition) is 2. The first-order chi connectivity index (χ1) is 14.1. The van der Waals surface area contributed by atoms with Crippen LogP contribution in [0, 0.1) is 11.8 Å². The summed E-state index contributed by atoms with van der Waals surface area (Å²) in [5, 5.41) is 6.16. The lowest BCUT2D eigenvalue weighted by Crippen LogP contribution is -2.58. The number of piperazine rings is 1. The Balaban J connectivity index is 1.56. The van der Waals surface area contributed by atoms with Crippen molar-refractivity contribution >= 4 is 17.6 Å². The van der Waals surface area contributed by atoms with Crippen LogP contribution < -0.4 is 10.6 Å². The van der Waals surface area contributed by atoms with Crippen molar-refractivity contribution in [3.05, 3.63) is 30.3 Å². The topological polar surface area (TPSA) is 64.7 Å². The Morgan fingerprint density at radius 1 is 1.07 bits per heavy atom. The Morgan fingerprint density at radius 3 is 2.34 bits per heavy atom. The predicted octanol–water partition coefficient (Wildman–Crippen LogP) is 3.56. The molecule has 0 bridgehead atoms. The third kappa shape index (κ3) is 5.95. The highest BCUT2D eigenvalue weighted by Crippen LogP contribution is 2.31. The molecule has 0 unspecified atom stereocenters. The molecule has 1 saturated carbocycles. The molecule has 6 nitrogen and oxygen atoms in total. The first-order valence-corrected chi connectivity index (χ1v) is 11.2. The van der Waals surface area contributed by atoms with Gasteiger partial charge in [-0.1, -0.05) is 51.3 Å². The van der Waals surface area contributed by atoms with Gasteiger partial charge in [-0.3, -0.25) is 9.69 Å². The molecule has 2 atom stereocenters. The second-order valence-electron chi connectivity index (χ2n) is 8.57. The lowest BCUT2D eigenvalue weighted by Gasteiger charge is -2.40. The Hall–Kier alpha value is -2.08. The number of rotatable bonds is 7. The maximum absolute atomic E-state index is 13.1. The molecule has 2 fully saturated rings. The summed E-state index contributed by atoms with van der Waals surface area (Å²) >= 11 is 0. The summed E-state index contributed by atoms with van der Waals surface area (Å²) in [6.07, 6.45) is 5.79. The van der Waals surface area contributed by atoms with Crippen LogP contribution in [0.4, 0.5) is 10.5 Å². The van der Waals surface area contributed by atoms with Crippen molar-refractivity contribution in [2.24, 2.45) is 11.8 Å². The number of benzene rings is 1. The minimum Gasteiger partial charge on any atom is -0.354 e. The third-order valence-corrected chi connectivity index (χ3v) is 6.46. The van der Waals surface area contributed by atoms with Crippen LogP contribution in [-0.4, -0.2) is 60.5 Å². The van der Waals surface area contributed by atoms with E-state index in [1.807, 2.05) is 35.2 Å². The maximum atomic E-state index is 13.1. The Labute approximate surface area is 175 Å². The second kappa shape index (κ2) is 10.6. The van der Waals surface area contributed by atoms with Crippen LogP contribution in [0.25, 0.3) is 0 Å². The molecule has 1 heterocycles. The van der Waals surface area contributed by atoms with Gasteiger partial charge in [0.2, 0.25) is 5.91 Å². The van der Waals surface area contributed by atoms with E-state index in [4.69, 9.17) is 0 Å². The molecule has 29 heavy (non-hydrogen) atoms. The lowest BCUT2D eigenvalue weighted by molar-refractivity contribution is -0.129. The van der Waals surface area contributed by atoms with E-state index < -0.39 is 0 Å². The predicted molar refractivity (Wildman–Crippen MR) is 117 cm³/mol. The monoisotopic (exact) mass is 400 g/mol. The highest BCUT2D eigenvalue weighted by Gasteiger charge is 2.37. The van der Waals surface area contributed by atoms with Gasteiger partial charge in [-0.25, -0.2) is 4.79 Å². The molecule has 1 aromatic rings. The Kier molecular flexibility index (Phi) is 7.92. The highest BCUT2D eigenvalue weighted by molar-refractivity contribution is 5.89. The minimum atomic E-state index is -0.0607. The molecule has 2 N–H and O–H groups in total. The van der Waals surface area contributed by atoms with Crippen LogP contribution in [-0.2, 0) is 4.79 Å². The zero-order valence-electron chi connectivity index (χ0n) is 17.9. The molecule has 6 heteroatoms. The van der Waals surface area contributed by atoms with E-state index in [2.05, 4.69) is 29.4 Å². The number of amides is 3. The molecule has 2 aliphatic rings. The highest BCUT2D eigenvalue weighted by atomic mass is 16.2. The van der Waals surface area contributed by atoms with Crippen LogP contribution in [0.15, 0.2) is 30.3 Å². The summed E-state index contributed by atoms with van der Waals surface area (Å²) in [6, 6.07) is 9.44. The number of carbonyl (C=O) groups excluding carboxylic acids is 2. The normalized spacial score (nSPS) is 20.3. The van der Waals surface area contributed by atoms with E-state index in [1.54, 1.807) is 0 Å². The van der Waals surface area contributed by atoms with Crippen LogP contribution in [0.1, 0.15) is 46.0 Å². The fourth-order valence-corrected chi connectivity index (χ4v) is 4.40. The third-order valence-electron chi connectivity index (χ3n) is 6.46. The van der Waals surface area contributed by atoms with Gasteiger partial charge in [0, 0.05) is 38.4 Å². The van der Waals surface area contributed by atoms with Crippen LogP contribution >= 0.6 is 0 Å². The van der Waals surface area contributed by atoms with E-state index in [-0.39, 0.29) is 18.0 Å². The first kappa shape index (κ1) is 21.6. The van der Waals surface area contributed by atoms with Crippen molar-refractivity contribution in [3.8, 4) is 0 Å². The van der Waals surface area contributed by atoms with Gasteiger partial charge in [-0.2, -0.15) is 0 Å². The second-order valence-corrected chi connectivity index (χ2v) is 8.57. The molecule has 0 aromatic heterocycles. The van der Waals surface area contributed by atoms with E-state index >= 15 is 0 Å². The van der Waals surface area contributed by atoms with Gasteiger partial charge in [-0.05, 0) is 36.8 Å². The van der Waals surface area contributed by atoms with Gasteiger partial charge < -0.3 is 15.5 Å². The molecule has 1 saturated heterocycles. The Morgan fingerprint density at radius 2 is 1.72 bits per heavy atom. The standard InChI is InChI=1S/C23H36N4O2/c1-3-18(2)17-24-22(28)21(19-9-7-8-10-19)26-13-15-27(16-14-26)23(29)25-20-11-5-4-6-12-20/h4-6,11-12,18-19,21H,3,7-10,13-17H2,1-2H3,(H,24,28)(H,25,29)/t18-,21-/m1/s1. The molecule has 160 valence electrons. The molecule has 0 radical (unpaired) electrons. The number of hydrogen-bond acceptors (Lipinski definition) is 3. The lowest BCUT2D eigenvalue weighted by atomic mass is 9.94. The molecule has 0 spiro atoms. The number of urea groups is 1. The van der Waals surface area contributed by atoms with Crippen molar-refractivity contribution < 1.29 is 9.59 Å². The summed E-state index contributed by atoms with van der Waals surface area (Å²) in [7, 11) is 0. The molecular weight excluding hydrogens is 364 g/mol. The van der Waals surface area contributed by atoms with Crippen LogP contribution in [0.2, 0.25) is 0 Å². The number of nitrogens with one attached hydrogen (secondary N) is 2. The van der Waals surface area contributed by atoms with Crippen molar-refractivity contribution in [1.82, 2.24) is 15.1 Å². The summed E-state index contributed by atoms with van der Waals surface area (Å²) in [5.74, 6) is 1.12. The molecule has 1 aliphatic heterocycles. The average molecular weight is 401 g/mol. The van der Waals surface area contributed by atoms with Crippen molar-refractivity contribution in [2.45, 2.75) is 52.0 Å². The van der Waals surface area contributed by atoms with Gasteiger partial charge in [0.25, 0.3) is 0 Å². The number of carbonyl (C=O) groups is 2. The van der Waals surface area contributed by atoms with Gasteiger partial charge in [0.05, 0.1) is 6.04 Å². The van der Waals surface area contributed by atoms with Gasteiger partial charge in [0.1, 0.15) is 0 Å². The zero-order valence-corrected chi connectivity index (χ0v) is 17.9. The van der Waals surface area contributed by atoms with Gasteiger partial charge >= 0.3 is 6.03 Å². The molecular formula is C23H36N4O2. The van der Waals surface area contributed by atoms with E-state index in [0.717, 1.165) is 44.6 Å². The van der Waals surface area contributed by atoms with Crippen molar-refractivity contribution in [2.75, 3.05) is 38.0 Å². The minimum absolute atomic E-state index is 0.0547. The van der Waals surface area contributed by atoms with Crippen molar-refractivity contribution in [1.29, 1.82) is 0 Å². The van der Waals surface area contributed by atoms with E-state index in [1.165, 1.54) is 12.8 Å². The number of para-hydroxylation sites is 1. The summed E-state index contributed by atoms with van der Waals surface area (Å²) in [6.45, 7) is 7.89. The smallest absolute Gasteiger partial charge is 0.321 e. The SMILES string of the molecule is CC[C@@H](C)CNC(=O)[C@@H](C1CCCC1)N1CCN(C(=O)Nc2ccccc2)CC1. The van der Waals surface area contributed by atoms with Gasteiger partial charge in [-0.15, -0.1) is 0 Å². The number of anilines is 1.